The number of nitrogens with two attached hydrogens (primary N) is 1. The number of hydrogen-bond acceptors (Lipinski definition) is 3. The van der Waals surface area contributed by atoms with Crippen molar-refractivity contribution in [1.82, 2.24) is 14.8 Å². The van der Waals surface area contributed by atoms with Crippen LogP contribution >= 0.6 is 11.6 Å². The fraction of sp³-hybridized carbons (Fsp3) is 0.200. The predicted octanol–water partition coefficient (Wildman–Crippen LogP) is 1.52. The van der Waals surface area contributed by atoms with E-state index in [2.05, 4.69) is 10.1 Å². The van der Waals surface area contributed by atoms with Crippen LogP contribution in [0.25, 0.3) is 0 Å². The number of rotatable bonds is 2. The van der Waals surface area contributed by atoms with E-state index in [1.165, 1.54) is 0 Å². The largest absolute Gasteiger partial charge is 0.318 e. The third-order valence-electron chi connectivity index (χ3n) is 2.25. The second-order valence-corrected chi connectivity index (χ2v) is 3.70. The summed E-state index contributed by atoms with van der Waals surface area (Å²) in [5.74, 6) is 0. The molecule has 0 saturated carbocycles. The Balaban J connectivity index is 2.32. The third kappa shape index (κ3) is 2.00. The lowest BCUT2D eigenvalue weighted by Gasteiger charge is -2.11. The van der Waals surface area contributed by atoms with Crippen LogP contribution < -0.4 is 5.73 Å². The summed E-state index contributed by atoms with van der Waals surface area (Å²) in [6, 6.07) is 5.20. The smallest absolute Gasteiger partial charge is 0.0896 e. The van der Waals surface area contributed by atoms with Crippen molar-refractivity contribution < 1.29 is 0 Å². The topological polar surface area (TPSA) is 56.7 Å². The molecule has 1 atom stereocenters. The fourth-order valence-electron chi connectivity index (χ4n) is 1.41. The van der Waals surface area contributed by atoms with Crippen LogP contribution in [0, 0.1) is 0 Å². The molecule has 0 aromatic carbocycles. The summed E-state index contributed by atoms with van der Waals surface area (Å²) in [5, 5.41) is 4.67. The second kappa shape index (κ2) is 4.00. The standard InChI is InChI=1S/C10H11ClN4/c1-15-9(4-5-14-15)10(12)8-3-2-7(11)6-13-8/h2-6,10H,12H2,1H3. The van der Waals surface area contributed by atoms with Crippen molar-refractivity contribution >= 4 is 11.6 Å². The van der Waals surface area contributed by atoms with E-state index in [0.717, 1.165) is 11.4 Å². The first kappa shape index (κ1) is 10.1. The summed E-state index contributed by atoms with van der Waals surface area (Å²) in [4.78, 5) is 4.18. The van der Waals surface area contributed by atoms with Crippen molar-refractivity contribution in [1.29, 1.82) is 0 Å². The van der Waals surface area contributed by atoms with Gasteiger partial charge < -0.3 is 5.73 Å². The Morgan fingerprint density at radius 3 is 2.73 bits per heavy atom. The Morgan fingerprint density at radius 1 is 1.40 bits per heavy atom. The van der Waals surface area contributed by atoms with E-state index in [-0.39, 0.29) is 6.04 Å². The highest BCUT2D eigenvalue weighted by Gasteiger charge is 2.13. The fourth-order valence-corrected chi connectivity index (χ4v) is 1.52. The van der Waals surface area contributed by atoms with Gasteiger partial charge in [-0.15, -0.1) is 0 Å². The SMILES string of the molecule is Cn1nccc1C(N)c1ccc(Cl)cn1. The van der Waals surface area contributed by atoms with Gasteiger partial charge in [0, 0.05) is 19.4 Å². The highest BCUT2D eigenvalue weighted by atomic mass is 35.5. The predicted molar refractivity (Wildman–Crippen MR) is 58.5 cm³/mol. The van der Waals surface area contributed by atoms with Gasteiger partial charge in [0.15, 0.2) is 0 Å². The summed E-state index contributed by atoms with van der Waals surface area (Å²) in [5.41, 5.74) is 7.75. The first-order chi connectivity index (χ1) is 7.18. The average Bonchev–Trinajstić information content (AvgIpc) is 2.65. The molecule has 0 spiro atoms. The average molecular weight is 223 g/mol. The Labute approximate surface area is 92.7 Å². The van der Waals surface area contributed by atoms with Gasteiger partial charge in [0.25, 0.3) is 0 Å². The molecule has 0 aliphatic heterocycles. The van der Waals surface area contributed by atoms with E-state index >= 15 is 0 Å². The number of aryl methyl sites for hydroxylation is 1. The summed E-state index contributed by atoms with van der Waals surface area (Å²) < 4.78 is 1.74. The van der Waals surface area contributed by atoms with Crippen molar-refractivity contribution in [3.63, 3.8) is 0 Å². The zero-order chi connectivity index (χ0) is 10.8. The minimum absolute atomic E-state index is 0.269. The maximum Gasteiger partial charge on any atom is 0.0896 e. The summed E-state index contributed by atoms with van der Waals surface area (Å²) in [6.07, 6.45) is 3.30. The van der Waals surface area contributed by atoms with E-state index in [1.54, 1.807) is 23.1 Å². The molecule has 0 saturated heterocycles. The molecular weight excluding hydrogens is 212 g/mol. The lowest BCUT2D eigenvalue weighted by Crippen LogP contribution is -2.17. The molecule has 5 heteroatoms. The summed E-state index contributed by atoms with van der Waals surface area (Å²) >= 11 is 5.75. The lowest BCUT2D eigenvalue weighted by atomic mass is 10.1. The molecular formula is C10H11ClN4. The molecule has 2 rings (SSSR count). The molecule has 0 amide bonds. The quantitative estimate of drug-likeness (QED) is 0.838. The Kier molecular flexibility index (Phi) is 2.70. The first-order valence-corrected chi connectivity index (χ1v) is 4.91. The monoisotopic (exact) mass is 222 g/mol. The van der Waals surface area contributed by atoms with Crippen LogP contribution in [-0.4, -0.2) is 14.8 Å². The highest BCUT2D eigenvalue weighted by Crippen LogP contribution is 2.17. The van der Waals surface area contributed by atoms with Crippen molar-refractivity contribution in [2.75, 3.05) is 0 Å². The number of nitrogens with zero attached hydrogens (tertiary/aromatic N) is 3. The molecule has 0 radical (unpaired) electrons. The van der Waals surface area contributed by atoms with Crippen LogP contribution in [0.1, 0.15) is 17.4 Å². The van der Waals surface area contributed by atoms with Gasteiger partial charge in [0.1, 0.15) is 0 Å². The molecule has 0 bridgehead atoms. The molecule has 0 aliphatic rings. The normalized spacial score (nSPS) is 12.7. The van der Waals surface area contributed by atoms with Gasteiger partial charge in [-0.25, -0.2) is 0 Å². The Morgan fingerprint density at radius 2 is 2.20 bits per heavy atom. The van der Waals surface area contributed by atoms with Gasteiger partial charge >= 0.3 is 0 Å². The number of aromatic nitrogens is 3. The second-order valence-electron chi connectivity index (χ2n) is 3.26. The van der Waals surface area contributed by atoms with Crippen LogP contribution in [0.4, 0.5) is 0 Å². The molecule has 78 valence electrons. The van der Waals surface area contributed by atoms with Crippen LogP contribution in [0.2, 0.25) is 5.02 Å². The molecule has 2 N–H and O–H groups in total. The van der Waals surface area contributed by atoms with Crippen LogP contribution in [0.3, 0.4) is 0 Å². The van der Waals surface area contributed by atoms with Crippen molar-refractivity contribution in [3.8, 4) is 0 Å². The van der Waals surface area contributed by atoms with Gasteiger partial charge in [-0.2, -0.15) is 5.10 Å². The number of pyridine rings is 1. The Hall–Kier alpha value is -1.39. The van der Waals surface area contributed by atoms with Gasteiger partial charge in [-0.3, -0.25) is 9.67 Å². The molecule has 4 nitrogen and oxygen atoms in total. The van der Waals surface area contributed by atoms with Gasteiger partial charge in [0.2, 0.25) is 0 Å². The minimum atomic E-state index is -0.269. The zero-order valence-electron chi connectivity index (χ0n) is 8.26. The molecule has 1 unspecified atom stereocenters. The van der Waals surface area contributed by atoms with Crippen LogP contribution in [0.5, 0.6) is 0 Å². The maximum atomic E-state index is 6.05. The van der Waals surface area contributed by atoms with E-state index in [9.17, 15) is 0 Å². The summed E-state index contributed by atoms with van der Waals surface area (Å²) in [6.45, 7) is 0. The van der Waals surface area contributed by atoms with Crippen LogP contribution in [-0.2, 0) is 7.05 Å². The minimum Gasteiger partial charge on any atom is -0.318 e. The molecule has 2 aromatic rings. The number of halogens is 1. The molecule has 2 heterocycles. The van der Waals surface area contributed by atoms with Crippen molar-refractivity contribution in [3.05, 3.63) is 47.0 Å². The Bertz CT molecular complexity index is 449. The molecule has 0 aliphatic carbocycles. The van der Waals surface area contributed by atoms with Gasteiger partial charge in [-0.05, 0) is 18.2 Å². The number of hydrogen-bond donors (Lipinski definition) is 1. The van der Waals surface area contributed by atoms with Crippen molar-refractivity contribution in [2.45, 2.75) is 6.04 Å². The van der Waals surface area contributed by atoms with Crippen molar-refractivity contribution in [2.24, 2.45) is 12.8 Å². The van der Waals surface area contributed by atoms with E-state index in [0.29, 0.717) is 5.02 Å². The molecule has 15 heavy (non-hydrogen) atoms. The third-order valence-corrected chi connectivity index (χ3v) is 2.47. The molecule has 2 aromatic heterocycles. The van der Waals surface area contributed by atoms with Gasteiger partial charge in [0.05, 0.1) is 22.5 Å². The zero-order valence-corrected chi connectivity index (χ0v) is 9.02. The van der Waals surface area contributed by atoms with E-state index in [4.69, 9.17) is 17.3 Å². The van der Waals surface area contributed by atoms with Gasteiger partial charge in [-0.1, -0.05) is 11.6 Å². The maximum absolute atomic E-state index is 6.05. The van der Waals surface area contributed by atoms with Crippen LogP contribution in [0.15, 0.2) is 30.6 Å². The summed E-state index contributed by atoms with van der Waals surface area (Å²) in [7, 11) is 1.85. The van der Waals surface area contributed by atoms with E-state index in [1.807, 2.05) is 19.2 Å². The first-order valence-electron chi connectivity index (χ1n) is 4.53. The lowest BCUT2D eigenvalue weighted by molar-refractivity contribution is 0.664. The molecule has 0 fully saturated rings. The van der Waals surface area contributed by atoms with E-state index < -0.39 is 0 Å². The highest BCUT2D eigenvalue weighted by molar-refractivity contribution is 6.30.